The maximum atomic E-state index is 14.3. The van der Waals surface area contributed by atoms with Crippen LogP contribution in [0.1, 0.15) is 64.6 Å². The van der Waals surface area contributed by atoms with Gasteiger partial charge in [0.1, 0.15) is 12.4 Å². The molecule has 1 unspecified atom stereocenters. The fourth-order valence-electron chi connectivity index (χ4n) is 6.93. The molecule has 0 bridgehead atoms. The summed E-state index contributed by atoms with van der Waals surface area (Å²) in [5.74, 6) is 0.767. The Hall–Kier alpha value is -4.71. The van der Waals surface area contributed by atoms with Gasteiger partial charge in [-0.1, -0.05) is 116 Å². The summed E-state index contributed by atoms with van der Waals surface area (Å²) in [6.45, 7) is 1.74. The Kier molecular flexibility index (Phi) is 7.50. The number of amides is 1. The van der Waals surface area contributed by atoms with Crippen molar-refractivity contribution in [2.75, 3.05) is 6.54 Å². The fraction of sp³-hybridized carbons (Fsp3) is 0.270. The number of aromatic nitrogens is 2. The Morgan fingerprint density at radius 2 is 1.44 bits per heavy atom. The minimum absolute atomic E-state index is 0.0402. The topological polar surface area (TPSA) is 64.4 Å². The second-order valence-corrected chi connectivity index (χ2v) is 11.7. The summed E-state index contributed by atoms with van der Waals surface area (Å²) in [6.07, 6.45) is 4.45. The van der Waals surface area contributed by atoms with Crippen molar-refractivity contribution in [1.82, 2.24) is 14.5 Å². The third-order valence-corrected chi connectivity index (χ3v) is 9.01. The number of nitrogens with zero attached hydrogens (tertiary/aromatic N) is 3. The molecule has 5 aromatic rings. The van der Waals surface area contributed by atoms with E-state index in [2.05, 4.69) is 42.5 Å². The van der Waals surface area contributed by atoms with Crippen molar-refractivity contribution >= 4 is 16.7 Å². The van der Waals surface area contributed by atoms with Gasteiger partial charge in [-0.05, 0) is 46.2 Å². The number of fused-ring (bicyclic) bond motifs is 2. The van der Waals surface area contributed by atoms with Crippen LogP contribution in [0.4, 0.5) is 0 Å². The molecular formula is C37H35N3O3. The fourth-order valence-corrected chi connectivity index (χ4v) is 6.93. The zero-order valence-corrected chi connectivity index (χ0v) is 24.2. The van der Waals surface area contributed by atoms with Gasteiger partial charge in [-0.25, -0.2) is 0 Å². The number of carbonyl (C=O) groups is 1. The molecule has 216 valence electrons. The van der Waals surface area contributed by atoms with Crippen LogP contribution in [0.15, 0.2) is 108 Å². The van der Waals surface area contributed by atoms with E-state index in [9.17, 15) is 9.59 Å². The average molecular weight is 570 g/mol. The molecule has 7 rings (SSSR count). The van der Waals surface area contributed by atoms with E-state index in [1.807, 2.05) is 70.1 Å². The maximum absolute atomic E-state index is 14.3. The normalized spacial score (nSPS) is 15.9. The largest absolute Gasteiger partial charge is 0.481 e. The summed E-state index contributed by atoms with van der Waals surface area (Å²) >= 11 is 0. The molecule has 0 N–H and O–H groups in total. The molecule has 1 amide bonds. The third kappa shape index (κ3) is 5.34. The number of hydrogen-bond acceptors (Lipinski definition) is 4. The smallest absolute Gasteiger partial charge is 0.316 e. The highest BCUT2D eigenvalue weighted by Gasteiger charge is 2.38. The van der Waals surface area contributed by atoms with Gasteiger partial charge in [0.05, 0.1) is 0 Å². The zero-order valence-electron chi connectivity index (χ0n) is 24.2. The van der Waals surface area contributed by atoms with Gasteiger partial charge in [0.2, 0.25) is 5.75 Å². The van der Waals surface area contributed by atoms with E-state index >= 15 is 0 Å². The van der Waals surface area contributed by atoms with E-state index in [1.165, 1.54) is 10.9 Å². The summed E-state index contributed by atoms with van der Waals surface area (Å²) in [4.78, 5) is 34.9. The Morgan fingerprint density at radius 1 is 0.767 bits per heavy atom. The molecule has 1 saturated carbocycles. The number of hydrogen-bond donors (Lipinski definition) is 0. The van der Waals surface area contributed by atoms with Crippen LogP contribution in [0, 0.1) is 5.92 Å². The predicted molar refractivity (Wildman–Crippen MR) is 168 cm³/mol. The molecule has 4 aromatic carbocycles. The molecule has 1 fully saturated rings. The van der Waals surface area contributed by atoms with Gasteiger partial charge in [0, 0.05) is 25.6 Å². The van der Waals surface area contributed by atoms with E-state index in [-0.39, 0.29) is 24.2 Å². The summed E-state index contributed by atoms with van der Waals surface area (Å²) in [7, 11) is 0. The molecule has 1 atom stereocenters. The van der Waals surface area contributed by atoms with Crippen molar-refractivity contribution < 1.29 is 9.53 Å². The molecule has 6 nitrogen and oxygen atoms in total. The van der Waals surface area contributed by atoms with Gasteiger partial charge < -0.3 is 14.2 Å². The van der Waals surface area contributed by atoms with E-state index < -0.39 is 5.56 Å². The van der Waals surface area contributed by atoms with Crippen LogP contribution in [-0.2, 0) is 19.7 Å². The summed E-state index contributed by atoms with van der Waals surface area (Å²) in [5, 5.41) is 2.33. The molecule has 0 saturated heterocycles. The van der Waals surface area contributed by atoms with E-state index in [0.717, 1.165) is 42.2 Å². The third-order valence-electron chi connectivity index (χ3n) is 9.01. The predicted octanol–water partition coefficient (Wildman–Crippen LogP) is 6.95. The van der Waals surface area contributed by atoms with Crippen molar-refractivity contribution in [3.05, 3.63) is 142 Å². The van der Waals surface area contributed by atoms with Crippen LogP contribution >= 0.6 is 0 Å². The summed E-state index contributed by atoms with van der Waals surface area (Å²) in [6, 6.07) is 34.5. The second-order valence-electron chi connectivity index (χ2n) is 11.7. The summed E-state index contributed by atoms with van der Waals surface area (Å²) < 4.78 is 8.19. The van der Waals surface area contributed by atoms with Crippen LogP contribution in [0.3, 0.4) is 0 Å². The lowest BCUT2D eigenvalue weighted by molar-refractivity contribution is 0.0675. The quantitative estimate of drug-likeness (QED) is 0.203. The molecule has 1 aromatic heterocycles. The van der Waals surface area contributed by atoms with E-state index in [0.29, 0.717) is 37.1 Å². The van der Waals surface area contributed by atoms with Crippen molar-refractivity contribution in [3.63, 3.8) is 0 Å². The second kappa shape index (κ2) is 11.9. The van der Waals surface area contributed by atoms with Gasteiger partial charge in [-0.2, -0.15) is 4.98 Å². The van der Waals surface area contributed by atoms with Crippen molar-refractivity contribution in [1.29, 1.82) is 0 Å². The van der Waals surface area contributed by atoms with E-state index in [4.69, 9.17) is 9.72 Å². The molecular weight excluding hydrogens is 534 g/mol. The first-order valence-electron chi connectivity index (χ1n) is 15.3. The van der Waals surface area contributed by atoms with Crippen LogP contribution in [0.5, 0.6) is 5.75 Å². The van der Waals surface area contributed by atoms with Crippen molar-refractivity contribution in [3.8, 4) is 5.75 Å². The van der Waals surface area contributed by atoms with E-state index in [1.54, 1.807) is 0 Å². The zero-order chi connectivity index (χ0) is 29.2. The highest BCUT2D eigenvalue weighted by Crippen LogP contribution is 2.44. The molecule has 0 radical (unpaired) electrons. The van der Waals surface area contributed by atoms with Crippen molar-refractivity contribution in [2.45, 2.75) is 51.3 Å². The van der Waals surface area contributed by atoms with Crippen LogP contribution in [0.2, 0.25) is 0 Å². The van der Waals surface area contributed by atoms with Gasteiger partial charge in [-0.3, -0.25) is 9.59 Å². The van der Waals surface area contributed by atoms with Crippen LogP contribution in [-0.4, -0.2) is 26.9 Å². The molecule has 1 aliphatic heterocycles. The van der Waals surface area contributed by atoms with Crippen molar-refractivity contribution in [2.24, 2.45) is 5.92 Å². The monoisotopic (exact) mass is 569 g/mol. The minimum Gasteiger partial charge on any atom is -0.481 e. The molecule has 0 spiro atoms. The molecule has 2 aliphatic rings. The molecule has 43 heavy (non-hydrogen) atoms. The maximum Gasteiger partial charge on any atom is 0.316 e. The lowest BCUT2D eigenvalue weighted by Crippen LogP contribution is -2.44. The first-order chi connectivity index (χ1) is 21.2. The standard InChI is InChI=1S/C37H35N3O3/c41-36-34(43-25-27-14-5-2-6-15-27)33-37(42)39(24-26-12-3-1-4-13-26)22-23-40(33)35(38-36)32(29-17-7-8-18-29)31-21-11-19-28-16-9-10-20-30(28)31/h1-6,9-16,19-21,29,32H,7-8,17-18,22-25H2. The Morgan fingerprint density at radius 3 is 2.21 bits per heavy atom. The number of carbonyl (C=O) groups excluding carboxylic acids is 1. The molecule has 2 heterocycles. The molecule has 6 heteroatoms. The number of benzene rings is 4. The highest BCUT2D eigenvalue weighted by atomic mass is 16.5. The first kappa shape index (κ1) is 27.1. The van der Waals surface area contributed by atoms with Gasteiger partial charge >= 0.3 is 5.56 Å². The minimum atomic E-state index is -0.477. The SMILES string of the molecule is O=C1c2c(OCc3ccccc3)c(=O)nc(C(c3cccc4ccccc34)C3CCCC3)n2CCN1Cc1ccccc1. The molecule has 1 aliphatic carbocycles. The number of ether oxygens (including phenoxy) is 1. The van der Waals surface area contributed by atoms with Gasteiger partial charge in [-0.15, -0.1) is 0 Å². The number of rotatable bonds is 8. The summed E-state index contributed by atoms with van der Waals surface area (Å²) in [5.41, 5.74) is 2.98. The average Bonchev–Trinajstić information content (AvgIpc) is 3.58. The Labute approximate surface area is 251 Å². The highest BCUT2D eigenvalue weighted by molar-refractivity contribution is 5.96. The van der Waals surface area contributed by atoms with Crippen LogP contribution < -0.4 is 10.3 Å². The Balaban J connectivity index is 1.38. The lowest BCUT2D eigenvalue weighted by Gasteiger charge is -2.35. The van der Waals surface area contributed by atoms with Crippen LogP contribution in [0.25, 0.3) is 10.8 Å². The van der Waals surface area contributed by atoms with Gasteiger partial charge in [0.25, 0.3) is 5.91 Å². The lowest BCUT2D eigenvalue weighted by atomic mass is 9.81. The first-order valence-corrected chi connectivity index (χ1v) is 15.3. The van der Waals surface area contributed by atoms with Gasteiger partial charge in [0.15, 0.2) is 5.69 Å². The Bertz CT molecular complexity index is 1810.